The largest absolute Gasteiger partial charge is 1.00 e. The summed E-state index contributed by atoms with van der Waals surface area (Å²) in [6.45, 7) is 2.32. The summed E-state index contributed by atoms with van der Waals surface area (Å²) < 4.78 is 35.0. The maximum absolute atomic E-state index is 10.3. The Balaban J connectivity index is 0. The van der Waals surface area contributed by atoms with Crippen LogP contribution in [0.1, 0.15) is 155 Å². The van der Waals surface area contributed by atoms with Gasteiger partial charge in [-0.2, -0.15) is 0 Å². The van der Waals surface area contributed by atoms with Crippen LogP contribution < -0.4 is 29.6 Å². The summed E-state index contributed by atoms with van der Waals surface area (Å²) in [5.74, 6) is 0. The van der Waals surface area contributed by atoms with Crippen LogP contribution in [0.15, 0.2) is 0 Å². The zero-order valence-electron chi connectivity index (χ0n) is 21.0. The van der Waals surface area contributed by atoms with Crippen molar-refractivity contribution in [3.8, 4) is 0 Å². The fraction of sp³-hybridized carbons (Fsp3) is 1.00. The van der Waals surface area contributed by atoms with Crippen LogP contribution in [-0.2, 0) is 14.6 Å². The van der Waals surface area contributed by atoms with E-state index in [0.29, 0.717) is 6.42 Å². The molecule has 4 nitrogen and oxygen atoms in total. The van der Waals surface area contributed by atoms with Crippen LogP contribution in [-0.4, -0.2) is 19.6 Å². The molecular weight excluding hydrogens is 419 g/mol. The SMILES string of the molecule is CCCCCCCCCCCCCCCCCCCCCCCCCOS(=O)(=O)[O-].[Na+]. The second-order valence-corrected chi connectivity index (χ2v) is 10.1. The van der Waals surface area contributed by atoms with E-state index in [1.54, 1.807) is 0 Å². The molecule has 0 aromatic rings. The van der Waals surface area contributed by atoms with Gasteiger partial charge in [-0.25, -0.2) is 8.42 Å². The van der Waals surface area contributed by atoms with Crippen molar-refractivity contribution in [1.29, 1.82) is 0 Å². The van der Waals surface area contributed by atoms with Crippen molar-refractivity contribution in [1.82, 2.24) is 0 Å². The third kappa shape index (κ3) is 33.1. The Bertz CT molecular complexity index is 429. The molecule has 0 aliphatic heterocycles. The first-order chi connectivity index (χ1) is 14.6. The molecule has 6 heteroatoms. The molecule has 0 aromatic carbocycles. The minimum Gasteiger partial charge on any atom is -0.726 e. The van der Waals surface area contributed by atoms with Crippen molar-refractivity contribution in [2.75, 3.05) is 6.61 Å². The van der Waals surface area contributed by atoms with Gasteiger partial charge >= 0.3 is 29.6 Å². The van der Waals surface area contributed by atoms with Gasteiger partial charge in [-0.1, -0.05) is 148 Å². The molecule has 0 aliphatic rings. The van der Waals surface area contributed by atoms with E-state index < -0.39 is 10.4 Å². The predicted octanol–water partition coefficient (Wildman–Crippen LogP) is 5.46. The maximum atomic E-state index is 10.3. The molecule has 0 aliphatic carbocycles. The summed E-state index contributed by atoms with van der Waals surface area (Å²) in [7, 11) is -4.50. The number of unbranched alkanes of at least 4 members (excludes halogenated alkanes) is 22. The van der Waals surface area contributed by atoms with Crippen molar-refractivity contribution in [2.24, 2.45) is 0 Å². The summed E-state index contributed by atoms with van der Waals surface area (Å²) in [5.41, 5.74) is 0. The first-order valence-corrected chi connectivity index (χ1v) is 14.5. The van der Waals surface area contributed by atoms with E-state index in [-0.39, 0.29) is 36.2 Å². The Hall–Kier alpha value is 0.870. The number of rotatable bonds is 25. The molecule has 0 N–H and O–H groups in total. The van der Waals surface area contributed by atoms with Crippen LogP contribution in [0.3, 0.4) is 0 Å². The van der Waals surface area contributed by atoms with Crippen molar-refractivity contribution in [3.05, 3.63) is 0 Å². The first kappa shape index (κ1) is 34.0. The van der Waals surface area contributed by atoms with E-state index in [4.69, 9.17) is 0 Å². The third-order valence-electron chi connectivity index (χ3n) is 5.98. The van der Waals surface area contributed by atoms with E-state index in [9.17, 15) is 13.0 Å². The Labute approximate surface area is 217 Å². The molecule has 182 valence electrons. The monoisotopic (exact) mass is 470 g/mol. The molecular formula is C25H51NaO4S. The molecule has 0 radical (unpaired) electrons. The molecule has 0 atom stereocenters. The fourth-order valence-electron chi connectivity index (χ4n) is 4.05. The molecule has 0 saturated heterocycles. The van der Waals surface area contributed by atoms with Crippen LogP contribution in [0.25, 0.3) is 0 Å². The molecule has 0 saturated carbocycles. The zero-order chi connectivity index (χ0) is 22.2. The van der Waals surface area contributed by atoms with E-state index in [1.807, 2.05) is 0 Å². The topological polar surface area (TPSA) is 66.4 Å². The minimum absolute atomic E-state index is 0. The van der Waals surface area contributed by atoms with Gasteiger partial charge < -0.3 is 4.55 Å². The van der Waals surface area contributed by atoms with Gasteiger partial charge in [-0.05, 0) is 6.42 Å². The standard InChI is InChI=1S/C25H52O4S.Na/c1-2-3-4-5-6-7-8-9-10-11-12-13-14-15-16-17-18-19-20-21-22-23-24-25-29-30(26,27)28;/h2-25H2,1H3,(H,26,27,28);/q;+1/p-1. The summed E-state index contributed by atoms with van der Waals surface area (Å²) >= 11 is 0. The second kappa shape index (κ2) is 27.1. The van der Waals surface area contributed by atoms with Gasteiger partial charge in [0.15, 0.2) is 0 Å². The van der Waals surface area contributed by atoms with Crippen molar-refractivity contribution >= 4 is 10.4 Å². The van der Waals surface area contributed by atoms with Gasteiger partial charge in [0, 0.05) is 0 Å². The Morgan fingerprint density at radius 2 is 0.710 bits per heavy atom. The average molecular weight is 471 g/mol. The second-order valence-electron chi connectivity index (χ2n) is 9.01. The molecule has 0 rings (SSSR count). The van der Waals surface area contributed by atoms with Gasteiger partial charge in [0.05, 0.1) is 6.61 Å². The van der Waals surface area contributed by atoms with Crippen LogP contribution in [0.5, 0.6) is 0 Å². The first-order valence-electron chi connectivity index (χ1n) is 13.2. The molecule has 0 fully saturated rings. The molecule has 0 aromatic heterocycles. The molecule has 0 bridgehead atoms. The van der Waals surface area contributed by atoms with Crippen LogP contribution in [0.2, 0.25) is 0 Å². The average Bonchev–Trinajstić information content (AvgIpc) is 2.70. The summed E-state index contributed by atoms with van der Waals surface area (Å²) in [4.78, 5) is 0. The number of hydrogen-bond donors (Lipinski definition) is 0. The molecule has 0 heterocycles. The van der Waals surface area contributed by atoms with Gasteiger partial charge in [-0.15, -0.1) is 0 Å². The van der Waals surface area contributed by atoms with Gasteiger partial charge in [0.1, 0.15) is 0 Å². The zero-order valence-corrected chi connectivity index (χ0v) is 23.8. The molecule has 0 amide bonds. The maximum Gasteiger partial charge on any atom is 1.00 e. The quantitative estimate of drug-likeness (QED) is 0.0769. The van der Waals surface area contributed by atoms with Crippen LogP contribution in [0, 0.1) is 0 Å². The van der Waals surface area contributed by atoms with Gasteiger partial charge in [0.2, 0.25) is 10.4 Å². The smallest absolute Gasteiger partial charge is 0.726 e. The van der Waals surface area contributed by atoms with Gasteiger partial charge in [0.25, 0.3) is 0 Å². The Morgan fingerprint density at radius 3 is 0.935 bits per heavy atom. The molecule has 31 heavy (non-hydrogen) atoms. The fourth-order valence-corrected chi connectivity index (χ4v) is 4.37. The van der Waals surface area contributed by atoms with Crippen molar-refractivity contribution in [2.45, 2.75) is 155 Å². The minimum atomic E-state index is -4.50. The van der Waals surface area contributed by atoms with E-state index in [2.05, 4.69) is 11.1 Å². The van der Waals surface area contributed by atoms with Gasteiger partial charge in [-0.3, -0.25) is 4.18 Å². The van der Waals surface area contributed by atoms with E-state index in [0.717, 1.165) is 12.8 Å². The predicted molar refractivity (Wildman–Crippen MR) is 128 cm³/mol. The Kier molecular flexibility index (Phi) is 29.8. The number of hydrogen-bond acceptors (Lipinski definition) is 4. The normalized spacial score (nSPS) is 11.5. The third-order valence-corrected chi connectivity index (χ3v) is 6.43. The van der Waals surface area contributed by atoms with Crippen LogP contribution in [0.4, 0.5) is 0 Å². The molecule has 0 spiro atoms. The Morgan fingerprint density at radius 1 is 0.484 bits per heavy atom. The summed E-state index contributed by atoms with van der Waals surface area (Å²) in [6.07, 6.45) is 30.6. The summed E-state index contributed by atoms with van der Waals surface area (Å²) in [6, 6.07) is 0. The van der Waals surface area contributed by atoms with Crippen molar-refractivity contribution in [3.63, 3.8) is 0 Å². The van der Waals surface area contributed by atoms with Crippen LogP contribution >= 0.6 is 0 Å². The van der Waals surface area contributed by atoms with Crippen molar-refractivity contribution < 1.29 is 46.7 Å². The van der Waals surface area contributed by atoms with E-state index in [1.165, 1.54) is 128 Å². The summed E-state index contributed by atoms with van der Waals surface area (Å²) in [5, 5.41) is 0. The van der Waals surface area contributed by atoms with E-state index >= 15 is 0 Å². The molecule has 0 unspecified atom stereocenters.